The van der Waals surface area contributed by atoms with E-state index < -0.39 is 0 Å². The Morgan fingerprint density at radius 1 is 0.958 bits per heavy atom. The number of carbonyl (C=O) groups excluding carboxylic acids is 1. The average Bonchev–Trinajstić information content (AvgIpc) is 2.96. The summed E-state index contributed by atoms with van der Waals surface area (Å²) in [6, 6.07) is 18.8. The highest BCUT2D eigenvalue weighted by molar-refractivity contribution is 7.16. The smallest absolute Gasteiger partial charge is 0.324 e. The molecule has 0 saturated carbocycles. The van der Waals surface area contributed by atoms with E-state index in [0.717, 1.165) is 32.6 Å². The first-order chi connectivity index (χ1) is 11.6. The molecule has 0 aliphatic rings. The number of ether oxygens (including phenoxy) is 1. The quantitative estimate of drug-likeness (QED) is 0.631. The van der Waals surface area contributed by atoms with Crippen LogP contribution < -0.4 is 15.4 Å². The van der Waals surface area contributed by atoms with Crippen LogP contribution >= 0.6 is 11.3 Å². The highest BCUT2D eigenvalue weighted by atomic mass is 32.1. The van der Waals surface area contributed by atoms with Gasteiger partial charge in [0.2, 0.25) is 0 Å². The summed E-state index contributed by atoms with van der Waals surface area (Å²) in [5.74, 6) is 1.55. The van der Waals surface area contributed by atoms with Crippen LogP contribution in [0.3, 0.4) is 0 Å². The molecular formula is C19H18N2O2S. The first kappa shape index (κ1) is 16.1. The van der Waals surface area contributed by atoms with E-state index in [1.165, 1.54) is 0 Å². The molecule has 3 rings (SSSR count). The van der Waals surface area contributed by atoms with Crippen LogP contribution in [-0.2, 0) is 0 Å². The normalized spacial score (nSPS) is 10.2. The Morgan fingerprint density at radius 3 is 2.42 bits per heavy atom. The molecule has 0 aliphatic carbocycles. The summed E-state index contributed by atoms with van der Waals surface area (Å²) in [7, 11) is 0. The molecule has 0 saturated heterocycles. The van der Waals surface area contributed by atoms with E-state index in [1.54, 1.807) is 11.3 Å². The minimum absolute atomic E-state index is 0.257. The van der Waals surface area contributed by atoms with E-state index in [4.69, 9.17) is 4.74 Å². The van der Waals surface area contributed by atoms with Gasteiger partial charge in [0.05, 0.1) is 5.00 Å². The number of para-hydroxylation sites is 1. The predicted molar refractivity (Wildman–Crippen MR) is 99.4 cm³/mol. The van der Waals surface area contributed by atoms with Gasteiger partial charge in [0, 0.05) is 10.6 Å². The maximum Gasteiger partial charge on any atom is 0.324 e. The summed E-state index contributed by atoms with van der Waals surface area (Å²) < 4.78 is 5.84. The number of benzene rings is 2. The third-order valence-corrected chi connectivity index (χ3v) is 4.30. The van der Waals surface area contributed by atoms with E-state index in [1.807, 2.05) is 74.5 Å². The fraction of sp³-hybridized carbons (Fsp3) is 0.105. The van der Waals surface area contributed by atoms with Gasteiger partial charge in [-0.3, -0.25) is 5.32 Å². The monoisotopic (exact) mass is 338 g/mol. The first-order valence-electron chi connectivity index (χ1n) is 7.58. The van der Waals surface area contributed by atoms with Gasteiger partial charge >= 0.3 is 6.03 Å². The highest BCUT2D eigenvalue weighted by Gasteiger charge is 2.07. The number of carbonyl (C=O) groups is 1. The molecule has 122 valence electrons. The molecular weight excluding hydrogens is 320 g/mol. The van der Waals surface area contributed by atoms with E-state index >= 15 is 0 Å². The molecule has 24 heavy (non-hydrogen) atoms. The van der Waals surface area contributed by atoms with Crippen LogP contribution in [0.4, 0.5) is 15.5 Å². The SMILES string of the molecule is Cc1ccc(NC(=O)Nc2ccc(Oc3ccccc3)c(C)c2)s1. The number of urea groups is 1. The molecule has 2 N–H and O–H groups in total. The van der Waals surface area contributed by atoms with Crippen LogP contribution in [0.15, 0.2) is 60.7 Å². The summed E-state index contributed by atoms with van der Waals surface area (Å²) in [6.45, 7) is 3.95. The van der Waals surface area contributed by atoms with Gasteiger partial charge in [-0.05, 0) is 61.9 Å². The van der Waals surface area contributed by atoms with Crippen molar-refractivity contribution in [3.05, 3.63) is 71.1 Å². The highest BCUT2D eigenvalue weighted by Crippen LogP contribution is 2.27. The van der Waals surface area contributed by atoms with Gasteiger partial charge in [-0.15, -0.1) is 11.3 Å². The molecule has 2 amide bonds. The number of hydrogen-bond acceptors (Lipinski definition) is 3. The molecule has 2 aromatic carbocycles. The lowest BCUT2D eigenvalue weighted by atomic mass is 10.2. The van der Waals surface area contributed by atoms with Gasteiger partial charge in [0.1, 0.15) is 11.5 Å². The van der Waals surface area contributed by atoms with Crippen molar-refractivity contribution < 1.29 is 9.53 Å². The van der Waals surface area contributed by atoms with Gasteiger partial charge in [0.15, 0.2) is 0 Å². The van der Waals surface area contributed by atoms with E-state index in [-0.39, 0.29) is 6.03 Å². The Labute approximate surface area is 145 Å². The molecule has 0 bridgehead atoms. The number of nitrogens with one attached hydrogen (secondary N) is 2. The molecule has 0 spiro atoms. The zero-order chi connectivity index (χ0) is 16.9. The summed E-state index contributed by atoms with van der Waals surface area (Å²) in [5, 5.41) is 6.48. The van der Waals surface area contributed by atoms with Gasteiger partial charge in [-0.2, -0.15) is 0 Å². The lowest BCUT2D eigenvalue weighted by Crippen LogP contribution is -2.18. The molecule has 5 heteroatoms. The number of aryl methyl sites for hydroxylation is 2. The van der Waals surface area contributed by atoms with Gasteiger partial charge in [-0.25, -0.2) is 4.79 Å². The largest absolute Gasteiger partial charge is 0.457 e. The summed E-state index contributed by atoms with van der Waals surface area (Å²) in [6.07, 6.45) is 0. The second-order valence-electron chi connectivity index (χ2n) is 5.38. The molecule has 0 unspecified atom stereocenters. The van der Waals surface area contributed by atoms with Gasteiger partial charge < -0.3 is 10.1 Å². The van der Waals surface area contributed by atoms with Crippen molar-refractivity contribution in [3.8, 4) is 11.5 Å². The Morgan fingerprint density at radius 2 is 1.75 bits per heavy atom. The Balaban J connectivity index is 1.64. The fourth-order valence-electron chi connectivity index (χ4n) is 2.23. The average molecular weight is 338 g/mol. The second-order valence-corrected chi connectivity index (χ2v) is 6.67. The van der Waals surface area contributed by atoms with E-state index in [2.05, 4.69) is 10.6 Å². The van der Waals surface area contributed by atoms with Crippen LogP contribution in [0.2, 0.25) is 0 Å². The van der Waals surface area contributed by atoms with Crippen molar-refractivity contribution in [3.63, 3.8) is 0 Å². The van der Waals surface area contributed by atoms with Crippen LogP contribution in [0.1, 0.15) is 10.4 Å². The Hall–Kier alpha value is -2.79. The van der Waals surface area contributed by atoms with Gasteiger partial charge in [0.25, 0.3) is 0 Å². The van der Waals surface area contributed by atoms with Crippen LogP contribution in [-0.4, -0.2) is 6.03 Å². The first-order valence-corrected chi connectivity index (χ1v) is 8.40. The third kappa shape index (κ3) is 4.14. The predicted octanol–water partition coefficient (Wildman–Crippen LogP) is 5.80. The second kappa shape index (κ2) is 7.19. The summed E-state index contributed by atoms with van der Waals surface area (Å²) in [4.78, 5) is 13.2. The molecule has 1 aromatic heterocycles. The minimum atomic E-state index is -0.257. The molecule has 3 aromatic rings. The fourth-order valence-corrected chi connectivity index (χ4v) is 3.00. The molecule has 0 radical (unpaired) electrons. The molecule has 0 atom stereocenters. The summed E-state index contributed by atoms with van der Waals surface area (Å²) in [5.41, 5.74) is 1.67. The summed E-state index contributed by atoms with van der Waals surface area (Å²) >= 11 is 1.54. The van der Waals surface area contributed by atoms with Crippen LogP contribution in [0.25, 0.3) is 0 Å². The molecule has 0 fully saturated rings. The van der Waals surface area contributed by atoms with Crippen molar-refractivity contribution in [2.24, 2.45) is 0 Å². The molecule has 1 heterocycles. The zero-order valence-corrected chi connectivity index (χ0v) is 14.3. The standard InChI is InChI=1S/C19H18N2O2S/c1-13-12-15(20-19(22)21-18-11-8-14(2)24-18)9-10-17(13)23-16-6-4-3-5-7-16/h3-12H,1-2H3,(H2,20,21,22). The maximum absolute atomic E-state index is 12.0. The lowest BCUT2D eigenvalue weighted by molar-refractivity contribution is 0.262. The lowest BCUT2D eigenvalue weighted by Gasteiger charge is -2.11. The number of hydrogen-bond donors (Lipinski definition) is 2. The minimum Gasteiger partial charge on any atom is -0.457 e. The van der Waals surface area contributed by atoms with Crippen molar-refractivity contribution in [2.75, 3.05) is 10.6 Å². The Kier molecular flexibility index (Phi) is 4.82. The van der Waals surface area contributed by atoms with Crippen LogP contribution in [0, 0.1) is 13.8 Å². The zero-order valence-electron chi connectivity index (χ0n) is 13.5. The molecule has 4 nitrogen and oxygen atoms in total. The third-order valence-electron chi connectivity index (χ3n) is 3.38. The number of rotatable bonds is 4. The van der Waals surface area contributed by atoms with Crippen molar-refractivity contribution in [2.45, 2.75) is 13.8 Å². The topological polar surface area (TPSA) is 50.4 Å². The number of amides is 2. The van der Waals surface area contributed by atoms with Gasteiger partial charge in [-0.1, -0.05) is 18.2 Å². The van der Waals surface area contributed by atoms with Crippen molar-refractivity contribution >= 4 is 28.1 Å². The number of thiophene rings is 1. The van der Waals surface area contributed by atoms with E-state index in [9.17, 15) is 4.79 Å². The van der Waals surface area contributed by atoms with Crippen molar-refractivity contribution in [1.29, 1.82) is 0 Å². The maximum atomic E-state index is 12.0. The van der Waals surface area contributed by atoms with Crippen LogP contribution in [0.5, 0.6) is 11.5 Å². The van der Waals surface area contributed by atoms with E-state index in [0.29, 0.717) is 0 Å². The Bertz CT molecular complexity index is 844. The number of anilines is 2. The van der Waals surface area contributed by atoms with Crippen molar-refractivity contribution in [1.82, 2.24) is 0 Å². The molecule has 0 aliphatic heterocycles.